The number of hydrogen-bond acceptors (Lipinski definition) is 4. The van der Waals surface area contributed by atoms with Gasteiger partial charge in [-0.05, 0) is 6.42 Å². The van der Waals surface area contributed by atoms with Gasteiger partial charge >= 0.3 is 0 Å². The highest BCUT2D eigenvalue weighted by Gasteiger charge is 2.22. The zero-order valence-corrected chi connectivity index (χ0v) is 17.0. The van der Waals surface area contributed by atoms with Crippen molar-refractivity contribution in [2.75, 3.05) is 6.61 Å². The molecule has 3 atom stereocenters. The Morgan fingerprint density at radius 3 is 1.70 bits per heavy atom. The molecule has 0 heterocycles. The molecule has 0 spiro atoms. The van der Waals surface area contributed by atoms with Gasteiger partial charge < -0.3 is 19.0 Å². The molecule has 0 radical (unpaired) electrons. The number of unbranched alkanes of at least 4 members (excludes halogenated alkanes) is 11. The lowest BCUT2D eigenvalue weighted by Crippen LogP contribution is -2.45. The van der Waals surface area contributed by atoms with Crippen molar-refractivity contribution in [3.8, 4) is 0 Å². The van der Waals surface area contributed by atoms with Crippen molar-refractivity contribution in [2.24, 2.45) is 5.73 Å². The minimum atomic E-state index is -0.891. The van der Waals surface area contributed by atoms with E-state index in [0.29, 0.717) is 6.42 Å². The van der Waals surface area contributed by atoms with Gasteiger partial charge in [0.1, 0.15) is 23.0 Å². The standard InChI is InChI=1S/C18H38INO3/c1-2-3-4-5-6-7-8-9-10-11-12-13-14-17(21)18(22)16(20)15-23-19/h16-18,21-22H,2-15,20H2,1H3/t16?,17?,18-/m0/s1. The van der Waals surface area contributed by atoms with Gasteiger partial charge in [0.05, 0.1) is 24.9 Å². The van der Waals surface area contributed by atoms with Crippen LogP contribution in [0.4, 0.5) is 0 Å². The quantitative estimate of drug-likeness (QED) is 0.229. The average molecular weight is 443 g/mol. The van der Waals surface area contributed by atoms with Gasteiger partial charge in [-0.15, -0.1) is 0 Å². The van der Waals surface area contributed by atoms with Gasteiger partial charge in [-0.2, -0.15) is 0 Å². The highest BCUT2D eigenvalue weighted by Crippen LogP contribution is 2.14. The second-order valence-electron chi connectivity index (χ2n) is 6.68. The average Bonchev–Trinajstić information content (AvgIpc) is 2.55. The maximum atomic E-state index is 9.89. The number of rotatable bonds is 17. The second-order valence-corrected chi connectivity index (χ2v) is 7.30. The van der Waals surface area contributed by atoms with E-state index in [1.165, 1.54) is 64.2 Å². The molecule has 140 valence electrons. The van der Waals surface area contributed by atoms with E-state index < -0.39 is 18.2 Å². The summed E-state index contributed by atoms with van der Waals surface area (Å²) in [6.45, 7) is 2.52. The molecule has 0 aromatic heterocycles. The lowest BCUT2D eigenvalue weighted by molar-refractivity contribution is -0.00724. The molecule has 0 aromatic rings. The number of halogens is 1. The van der Waals surface area contributed by atoms with Crippen LogP contribution in [0.5, 0.6) is 0 Å². The Hall–Kier alpha value is 0.570. The lowest BCUT2D eigenvalue weighted by atomic mass is 10.00. The van der Waals surface area contributed by atoms with Crippen LogP contribution in [0, 0.1) is 0 Å². The zero-order valence-electron chi connectivity index (χ0n) is 14.9. The number of aliphatic hydroxyl groups excluding tert-OH is 2. The van der Waals surface area contributed by atoms with Crippen LogP contribution in [0.3, 0.4) is 0 Å². The first-order chi connectivity index (χ1) is 11.1. The molecule has 0 bridgehead atoms. The summed E-state index contributed by atoms with van der Waals surface area (Å²) in [5.41, 5.74) is 5.73. The van der Waals surface area contributed by atoms with Crippen molar-refractivity contribution in [3.05, 3.63) is 0 Å². The van der Waals surface area contributed by atoms with Gasteiger partial charge in [0.15, 0.2) is 0 Å². The van der Waals surface area contributed by atoms with Crippen LogP contribution in [-0.4, -0.2) is 35.1 Å². The third-order valence-corrected chi connectivity index (χ3v) is 4.80. The molecule has 0 saturated carbocycles. The van der Waals surface area contributed by atoms with Gasteiger partial charge in [0.25, 0.3) is 0 Å². The van der Waals surface area contributed by atoms with Gasteiger partial charge in [-0.3, -0.25) is 0 Å². The Labute approximate surface area is 157 Å². The molecule has 0 aliphatic heterocycles. The third-order valence-electron chi connectivity index (χ3n) is 4.44. The van der Waals surface area contributed by atoms with Crippen LogP contribution in [0.15, 0.2) is 0 Å². The van der Waals surface area contributed by atoms with Crippen LogP contribution in [0.1, 0.15) is 90.4 Å². The number of nitrogens with two attached hydrogens (primary N) is 1. The van der Waals surface area contributed by atoms with Crippen LogP contribution in [0.2, 0.25) is 0 Å². The van der Waals surface area contributed by atoms with Crippen molar-refractivity contribution in [2.45, 2.75) is 109 Å². The monoisotopic (exact) mass is 443 g/mol. The van der Waals surface area contributed by atoms with E-state index in [0.717, 1.165) is 12.8 Å². The van der Waals surface area contributed by atoms with E-state index in [2.05, 4.69) is 6.92 Å². The van der Waals surface area contributed by atoms with E-state index >= 15 is 0 Å². The van der Waals surface area contributed by atoms with Crippen LogP contribution in [-0.2, 0) is 3.07 Å². The largest absolute Gasteiger partial charge is 0.390 e. The third kappa shape index (κ3) is 14.6. The van der Waals surface area contributed by atoms with E-state index in [1.807, 2.05) is 0 Å². The summed E-state index contributed by atoms with van der Waals surface area (Å²) in [5.74, 6) is 0. The molecule has 0 fully saturated rings. The van der Waals surface area contributed by atoms with Crippen LogP contribution in [0.25, 0.3) is 0 Å². The molecule has 0 aliphatic carbocycles. The Bertz CT molecular complexity index is 244. The topological polar surface area (TPSA) is 75.7 Å². The Kier molecular flexibility index (Phi) is 17.8. The number of hydrogen-bond donors (Lipinski definition) is 3. The van der Waals surface area contributed by atoms with Crippen molar-refractivity contribution in [3.63, 3.8) is 0 Å². The molecule has 0 rings (SSSR count). The minimum absolute atomic E-state index is 0.261. The van der Waals surface area contributed by atoms with Crippen molar-refractivity contribution in [1.29, 1.82) is 0 Å². The second kappa shape index (κ2) is 17.4. The summed E-state index contributed by atoms with van der Waals surface area (Å²) in [6, 6.07) is -0.515. The summed E-state index contributed by atoms with van der Waals surface area (Å²) in [7, 11) is 0. The molecule has 5 heteroatoms. The Balaban J connectivity index is 3.32. The van der Waals surface area contributed by atoms with Crippen molar-refractivity contribution in [1.82, 2.24) is 0 Å². The van der Waals surface area contributed by atoms with Crippen molar-refractivity contribution < 1.29 is 13.3 Å². The summed E-state index contributed by atoms with van der Waals surface area (Å²) in [5, 5.41) is 19.7. The van der Waals surface area contributed by atoms with Gasteiger partial charge in [0.2, 0.25) is 0 Å². The van der Waals surface area contributed by atoms with Gasteiger partial charge in [-0.1, -0.05) is 84.0 Å². The molecular weight excluding hydrogens is 405 g/mol. The van der Waals surface area contributed by atoms with Crippen LogP contribution >= 0.6 is 23.0 Å². The first-order valence-corrected chi connectivity index (χ1v) is 10.4. The summed E-state index contributed by atoms with van der Waals surface area (Å²) in [4.78, 5) is 0. The van der Waals surface area contributed by atoms with Gasteiger partial charge in [0, 0.05) is 0 Å². The predicted molar refractivity (Wildman–Crippen MR) is 106 cm³/mol. The predicted octanol–water partition coefficient (Wildman–Crippen LogP) is 4.49. The molecular formula is C18H38INO3. The van der Waals surface area contributed by atoms with E-state index in [1.54, 1.807) is 23.0 Å². The van der Waals surface area contributed by atoms with Gasteiger partial charge in [-0.25, -0.2) is 0 Å². The fourth-order valence-corrected chi connectivity index (χ4v) is 3.24. The lowest BCUT2D eigenvalue weighted by Gasteiger charge is -2.22. The molecule has 0 aliphatic rings. The zero-order chi connectivity index (χ0) is 17.3. The summed E-state index contributed by atoms with van der Waals surface area (Å²) < 4.78 is 4.87. The Morgan fingerprint density at radius 2 is 1.26 bits per heavy atom. The molecule has 0 saturated heterocycles. The molecule has 2 unspecified atom stereocenters. The van der Waals surface area contributed by atoms with Crippen molar-refractivity contribution >= 4 is 23.0 Å². The smallest absolute Gasteiger partial charge is 0.109 e. The first-order valence-electron chi connectivity index (χ1n) is 9.48. The summed E-state index contributed by atoms with van der Waals surface area (Å²) in [6.07, 6.45) is 14.6. The fourth-order valence-electron chi connectivity index (χ4n) is 2.82. The molecule has 0 aromatic carbocycles. The maximum absolute atomic E-state index is 9.89. The first kappa shape index (κ1) is 23.6. The van der Waals surface area contributed by atoms with Crippen LogP contribution < -0.4 is 5.73 Å². The summed E-state index contributed by atoms with van der Waals surface area (Å²) >= 11 is 1.75. The molecule has 0 amide bonds. The van der Waals surface area contributed by atoms with E-state index in [9.17, 15) is 10.2 Å². The molecule has 4 N–H and O–H groups in total. The number of aliphatic hydroxyl groups is 2. The maximum Gasteiger partial charge on any atom is 0.109 e. The molecule has 4 nitrogen and oxygen atoms in total. The normalized spacial score (nSPS) is 15.5. The fraction of sp³-hybridized carbons (Fsp3) is 1.00. The highest BCUT2D eigenvalue weighted by atomic mass is 127. The highest BCUT2D eigenvalue weighted by molar-refractivity contribution is 14.1. The Morgan fingerprint density at radius 1 is 0.826 bits per heavy atom. The SMILES string of the molecule is CCCCCCCCCCCCCCC(O)[C@@H](O)C(N)COI. The van der Waals surface area contributed by atoms with E-state index in [-0.39, 0.29) is 6.61 Å². The minimum Gasteiger partial charge on any atom is -0.390 e. The molecule has 23 heavy (non-hydrogen) atoms. The van der Waals surface area contributed by atoms with E-state index in [4.69, 9.17) is 8.80 Å².